The summed E-state index contributed by atoms with van der Waals surface area (Å²) in [5.74, 6) is 0.510. The highest BCUT2D eigenvalue weighted by molar-refractivity contribution is 6.30. The Balaban J connectivity index is 1.71. The van der Waals surface area contributed by atoms with Crippen LogP contribution in [-0.4, -0.2) is 15.9 Å². The van der Waals surface area contributed by atoms with E-state index < -0.39 is 0 Å². The molecule has 26 heavy (non-hydrogen) atoms. The van der Waals surface area contributed by atoms with E-state index in [0.717, 1.165) is 16.6 Å². The Hall–Kier alpha value is -3.11. The van der Waals surface area contributed by atoms with Gasteiger partial charge in [-0.1, -0.05) is 54.1 Å². The minimum absolute atomic E-state index is 0.184. The zero-order chi connectivity index (χ0) is 17.9. The molecular formula is C21H16ClN3O. The summed E-state index contributed by atoms with van der Waals surface area (Å²) in [6, 6.07) is 24.0. The zero-order valence-corrected chi connectivity index (χ0v) is 14.6. The van der Waals surface area contributed by atoms with Crippen LogP contribution in [0.15, 0.2) is 78.9 Å². The van der Waals surface area contributed by atoms with Gasteiger partial charge in [0.25, 0.3) is 5.91 Å². The van der Waals surface area contributed by atoms with Crippen molar-refractivity contribution in [2.24, 2.45) is 0 Å². The third kappa shape index (κ3) is 3.32. The van der Waals surface area contributed by atoms with Crippen LogP contribution in [0.2, 0.25) is 5.02 Å². The van der Waals surface area contributed by atoms with Crippen molar-refractivity contribution in [3.63, 3.8) is 0 Å². The number of nitrogens with one attached hydrogen (secondary N) is 2. The van der Waals surface area contributed by atoms with Crippen molar-refractivity contribution < 1.29 is 4.79 Å². The predicted octanol–water partition coefficient (Wildman–Crippen LogP) is 4.74. The van der Waals surface area contributed by atoms with Gasteiger partial charge >= 0.3 is 0 Å². The van der Waals surface area contributed by atoms with Crippen molar-refractivity contribution in [2.45, 2.75) is 6.04 Å². The van der Waals surface area contributed by atoms with E-state index in [9.17, 15) is 4.79 Å². The fraction of sp³-hybridized carbons (Fsp3) is 0.0476. The molecule has 1 atom stereocenters. The van der Waals surface area contributed by atoms with Crippen LogP contribution in [0, 0.1) is 0 Å². The van der Waals surface area contributed by atoms with E-state index >= 15 is 0 Å². The maximum atomic E-state index is 12.7. The van der Waals surface area contributed by atoms with Crippen LogP contribution >= 0.6 is 11.6 Å². The Kier molecular flexibility index (Phi) is 4.42. The first kappa shape index (κ1) is 16.4. The minimum Gasteiger partial charge on any atom is -0.340 e. The smallest absolute Gasteiger partial charge is 0.252 e. The lowest BCUT2D eigenvalue weighted by Crippen LogP contribution is -2.30. The van der Waals surface area contributed by atoms with Gasteiger partial charge in [-0.2, -0.15) is 0 Å². The van der Waals surface area contributed by atoms with Crippen LogP contribution in [0.5, 0.6) is 0 Å². The van der Waals surface area contributed by atoms with E-state index in [4.69, 9.17) is 11.6 Å². The minimum atomic E-state index is -0.383. The van der Waals surface area contributed by atoms with Crippen molar-refractivity contribution in [1.29, 1.82) is 0 Å². The lowest BCUT2D eigenvalue weighted by molar-refractivity contribution is 0.0941. The first-order valence-corrected chi connectivity index (χ1v) is 8.64. The van der Waals surface area contributed by atoms with Crippen LogP contribution < -0.4 is 5.32 Å². The molecule has 0 aliphatic heterocycles. The number of carbonyl (C=O) groups is 1. The number of fused-ring (bicyclic) bond motifs is 1. The number of hydrogen-bond donors (Lipinski definition) is 2. The SMILES string of the molecule is O=C(NC(c1ccccc1)c1nc2ccccc2[nH]1)c1ccc(Cl)cc1. The van der Waals surface area contributed by atoms with Crippen LogP contribution in [-0.2, 0) is 0 Å². The number of benzene rings is 3. The summed E-state index contributed by atoms with van der Waals surface area (Å²) in [5.41, 5.74) is 3.30. The average Bonchev–Trinajstić information content (AvgIpc) is 3.11. The van der Waals surface area contributed by atoms with Crippen molar-refractivity contribution in [2.75, 3.05) is 0 Å². The monoisotopic (exact) mass is 361 g/mol. The van der Waals surface area contributed by atoms with E-state index in [-0.39, 0.29) is 11.9 Å². The maximum absolute atomic E-state index is 12.7. The van der Waals surface area contributed by atoms with Gasteiger partial charge in [0.05, 0.1) is 11.0 Å². The van der Waals surface area contributed by atoms with Gasteiger partial charge in [0, 0.05) is 10.6 Å². The molecule has 0 aliphatic rings. The highest BCUT2D eigenvalue weighted by Gasteiger charge is 2.21. The fourth-order valence-corrected chi connectivity index (χ4v) is 3.01. The summed E-state index contributed by atoms with van der Waals surface area (Å²) in [4.78, 5) is 20.7. The molecule has 3 aromatic carbocycles. The zero-order valence-electron chi connectivity index (χ0n) is 13.8. The molecule has 128 valence electrons. The number of imidazole rings is 1. The van der Waals surface area contributed by atoms with Gasteiger partial charge in [-0.3, -0.25) is 4.79 Å². The summed E-state index contributed by atoms with van der Waals surface area (Å²) < 4.78 is 0. The van der Waals surface area contributed by atoms with Crippen molar-refractivity contribution in [3.05, 3.63) is 101 Å². The molecule has 0 radical (unpaired) electrons. The molecule has 4 aromatic rings. The number of halogens is 1. The lowest BCUT2D eigenvalue weighted by Gasteiger charge is -2.17. The van der Waals surface area contributed by atoms with Crippen molar-refractivity contribution in [1.82, 2.24) is 15.3 Å². The quantitative estimate of drug-likeness (QED) is 0.551. The molecular weight excluding hydrogens is 346 g/mol. The van der Waals surface area contributed by atoms with Crippen molar-refractivity contribution in [3.8, 4) is 0 Å². The molecule has 0 aliphatic carbocycles. The van der Waals surface area contributed by atoms with Crippen LogP contribution in [0.4, 0.5) is 0 Å². The number of rotatable bonds is 4. The van der Waals surface area contributed by atoms with E-state index in [1.807, 2.05) is 54.6 Å². The molecule has 0 bridgehead atoms. The maximum Gasteiger partial charge on any atom is 0.252 e. The van der Waals surface area contributed by atoms with Gasteiger partial charge in [0.2, 0.25) is 0 Å². The summed E-state index contributed by atoms with van der Waals surface area (Å²) in [6.45, 7) is 0. The summed E-state index contributed by atoms with van der Waals surface area (Å²) >= 11 is 5.91. The molecule has 0 saturated heterocycles. The second-order valence-corrected chi connectivity index (χ2v) is 6.40. The molecule has 4 rings (SSSR count). The first-order valence-electron chi connectivity index (χ1n) is 8.27. The second kappa shape index (κ2) is 7.02. The van der Waals surface area contributed by atoms with Gasteiger partial charge in [-0.05, 0) is 42.0 Å². The average molecular weight is 362 g/mol. The molecule has 4 nitrogen and oxygen atoms in total. The third-order valence-corrected chi connectivity index (χ3v) is 4.45. The fourth-order valence-electron chi connectivity index (χ4n) is 2.88. The largest absolute Gasteiger partial charge is 0.340 e. The number of hydrogen-bond acceptors (Lipinski definition) is 2. The molecule has 1 unspecified atom stereocenters. The van der Waals surface area contributed by atoms with Crippen LogP contribution in [0.3, 0.4) is 0 Å². The summed E-state index contributed by atoms with van der Waals surface area (Å²) in [7, 11) is 0. The Morgan fingerprint density at radius 2 is 1.62 bits per heavy atom. The Bertz CT molecular complexity index is 1010. The van der Waals surface area contributed by atoms with Crippen molar-refractivity contribution >= 4 is 28.5 Å². The highest BCUT2D eigenvalue weighted by atomic mass is 35.5. The number of aromatic nitrogens is 2. The molecule has 2 N–H and O–H groups in total. The number of aromatic amines is 1. The van der Waals surface area contributed by atoms with Gasteiger partial charge in [0.15, 0.2) is 0 Å². The first-order chi connectivity index (χ1) is 12.7. The van der Waals surface area contributed by atoms with E-state index in [0.29, 0.717) is 16.4 Å². The molecule has 0 fully saturated rings. The lowest BCUT2D eigenvalue weighted by atomic mass is 10.1. The number of H-pyrrole nitrogens is 1. The second-order valence-electron chi connectivity index (χ2n) is 5.96. The predicted molar refractivity (Wildman–Crippen MR) is 103 cm³/mol. The summed E-state index contributed by atoms with van der Waals surface area (Å²) in [5, 5.41) is 3.67. The molecule has 1 amide bonds. The number of amides is 1. The Labute approximate surface area is 155 Å². The molecule has 5 heteroatoms. The number of para-hydroxylation sites is 2. The standard InChI is InChI=1S/C21H16ClN3O/c22-16-12-10-15(11-13-16)21(26)25-19(14-6-2-1-3-7-14)20-23-17-8-4-5-9-18(17)24-20/h1-13,19H,(H,23,24)(H,25,26). The van der Waals surface area contributed by atoms with Crippen LogP contribution in [0.25, 0.3) is 11.0 Å². The van der Waals surface area contributed by atoms with Gasteiger partial charge < -0.3 is 10.3 Å². The molecule has 0 saturated carbocycles. The van der Waals surface area contributed by atoms with Gasteiger partial charge in [0.1, 0.15) is 11.9 Å². The third-order valence-electron chi connectivity index (χ3n) is 4.20. The molecule has 0 spiro atoms. The van der Waals surface area contributed by atoms with Gasteiger partial charge in [-0.15, -0.1) is 0 Å². The molecule has 1 aromatic heterocycles. The van der Waals surface area contributed by atoms with E-state index in [1.54, 1.807) is 24.3 Å². The number of carbonyl (C=O) groups excluding carboxylic acids is 1. The Morgan fingerprint density at radius 3 is 2.35 bits per heavy atom. The van der Waals surface area contributed by atoms with E-state index in [2.05, 4.69) is 15.3 Å². The summed E-state index contributed by atoms with van der Waals surface area (Å²) in [6.07, 6.45) is 0. The molecule has 1 heterocycles. The Morgan fingerprint density at radius 1 is 0.923 bits per heavy atom. The van der Waals surface area contributed by atoms with Crippen LogP contribution in [0.1, 0.15) is 27.8 Å². The van der Waals surface area contributed by atoms with E-state index in [1.165, 1.54) is 0 Å². The number of nitrogens with zero attached hydrogens (tertiary/aromatic N) is 1. The normalized spacial score (nSPS) is 12.0. The van der Waals surface area contributed by atoms with Gasteiger partial charge in [-0.25, -0.2) is 4.98 Å². The topological polar surface area (TPSA) is 57.8 Å². The highest BCUT2D eigenvalue weighted by Crippen LogP contribution is 2.23.